The quantitative estimate of drug-likeness (QED) is 0.414. The SMILES string of the molecule is CCCCCCC(=O)Oc1ccc(COC(C)=O)cc1. The summed E-state index contributed by atoms with van der Waals surface area (Å²) in [6.45, 7) is 3.74. The summed E-state index contributed by atoms with van der Waals surface area (Å²) in [5.41, 5.74) is 0.864. The maximum atomic E-state index is 11.6. The van der Waals surface area contributed by atoms with E-state index in [1.165, 1.54) is 6.92 Å². The Bertz CT molecular complexity index is 423. The van der Waals surface area contributed by atoms with Gasteiger partial charge in [-0.15, -0.1) is 0 Å². The molecule has 4 heteroatoms. The lowest BCUT2D eigenvalue weighted by molar-refractivity contribution is -0.142. The van der Waals surface area contributed by atoms with E-state index in [4.69, 9.17) is 9.47 Å². The molecule has 4 nitrogen and oxygen atoms in total. The van der Waals surface area contributed by atoms with E-state index in [1.807, 2.05) is 0 Å². The standard InChI is InChI=1S/C16H22O4/c1-3-4-5-6-7-16(18)20-15-10-8-14(9-11-15)12-19-13(2)17/h8-11H,3-7,12H2,1-2H3. The highest BCUT2D eigenvalue weighted by Crippen LogP contribution is 2.14. The van der Waals surface area contributed by atoms with Crippen molar-refractivity contribution in [1.29, 1.82) is 0 Å². The number of hydrogen-bond acceptors (Lipinski definition) is 4. The van der Waals surface area contributed by atoms with Crippen molar-refractivity contribution in [2.24, 2.45) is 0 Å². The van der Waals surface area contributed by atoms with Crippen molar-refractivity contribution in [3.8, 4) is 5.75 Å². The van der Waals surface area contributed by atoms with Crippen LogP contribution in [-0.4, -0.2) is 11.9 Å². The van der Waals surface area contributed by atoms with Crippen LogP contribution in [0.3, 0.4) is 0 Å². The third-order valence-corrected chi connectivity index (χ3v) is 2.83. The molecule has 0 bridgehead atoms. The van der Waals surface area contributed by atoms with Gasteiger partial charge in [0.1, 0.15) is 12.4 Å². The van der Waals surface area contributed by atoms with Gasteiger partial charge in [0.15, 0.2) is 0 Å². The Kier molecular flexibility index (Phi) is 7.40. The summed E-state index contributed by atoms with van der Waals surface area (Å²) in [4.78, 5) is 22.3. The van der Waals surface area contributed by atoms with Gasteiger partial charge in [0.2, 0.25) is 0 Å². The van der Waals surface area contributed by atoms with Crippen molar-refractivity contribution >= 4 is 11.9 Å². The van der Waals surface area contributed by atoms with Gasteiger partial charge < -0.3 is 9.47 Å². The van der Waals surface area contributed by atoms with Crippen LogP contribution in [0.5, 0.6) is 5.75 Å². The normalized spacial score (nSPS) is 10.1. The fraction of sp³-hybridized carbons (Fsp3) is 0.500. The predicted molar refractivity (Wildman–Crippen MR) is 76.3 cm³/mol. The maximum Gasteiger partial charge on any atom is 0.311 e. The molecule has 0 radical (unpaired) electrons. The van der Waals surface area contributed by atoms with Crippen molar-refractivity contribution in [3.63, 3.8) is 0 Å². The molecule has 0 amide bonds. The van der Waals surface area contributed by atoms with Gasteiger partial charge in [-0.3, -0.25) is 9.59 Å². The largest absolute Gasteiger partial charge is 0.461 e. The van der Waals surface area contributed by atoms with E-state index in [0.717, 1.165) is 31.2 Å². The van der Waals surface area contributed by atoms with Gasteiger partial charge in [-0.25, -0.2) is 0 Å². The first-order valence-electron chi connectivity index (χ1n) is 7.04. The minimum atomic E-state index is -0.312. The number of ether oxygens (including phenoxy) is 2. The van der Waals surface area contributed by atoms with Crippen LogP contribution >= 0.6 is 0 Å². The van der Waals surface area contributed by atoms with Crippen LogP contribution in [-0.2, 0) is 20.9 Å². The average molecular weight is 278 g/mol. The summed E-state index contributed by atoms with van der Waals surface area (Å²) in [6, 6.07) is 6.98. The van der Waals surface area contributed by atoms with Crippen molar-refractivity contribution in [1.82, 2.24) is 0 Å². The molecule has 0 fully saturated rings. The summed E-state index contributed by atoms with van der Waals surface area (Å²) < 4.78 is 10.1. The highest BCUT2D eigenvalue weighted by molar-refractivity contribution is 5.72. The molecule has 0 aromatic heterocycles. The van der Waals surface area contributed by atoms with Crippen LogP contribution < -0.4 is 4.74 Å². The Morgan fingerprint density at radius 1 is 1.05 bits per heavy atom. The molecule has 0 atom stereocenters. The molecule has 0 saturated heterocycles. The van der Waals surface area contributed by atoms with Crippen LogP contribution in [0.25, 0.3) is 0 Å². The van der Waals surface area contributed by atoms with Crippen LogP contribution in [0.15, 0.2) is 24.3 Å². The smallest absolute Gasteiger partial charge is 0.311 e. The maximum absolute atomic E-state index is 11.6. The van der Waals surface area contributed by atoms with Gasteiger partial charge in [-0.05, 0) is 24.1 Å². The zero-order valence-corrected chi connectivity index (χ0v) is 12.2. The molecule has 0 aliphatic rings. The molecule has 0 spiro atoms. The predicted octanol–water partition coefficient (Wildman–Crippen LogP) is 3.63. The average Bonchev–Trinajstić information content (AvgIpc) is 2.43. The third kappa shape index (κ3) is 6.92. The Morgan fingerprint density at radius 2 is 1.75 bits per heavy atom. The second-order valence-corrected chi connectivity index (χ2v) is 4.71. The van der Waals surface area contributed by atoms with Crippen LogP contribution in [0.2, 0.25) is 0 Å². The zero-order valence-electron chi connectivity index (χ0n) is 12.2. The van der Waals surface area contributed by atoms with Gasteiger partial charge in [-0.1, -0.05) is 38.3 Å². The van der Waals surface area contributed by atoms with E-state index in [0.29, 0.717) is 12.2 Å². The number of benzene rings is 1. The highest BCUT2D eigenvalue weighted by atomic mass is 16.5. The van der Waals surface area contributed by atoms with Crippen LogP contribution in [0.1, 0.15) is 51.5 Å². The molecule has 0 heterocycles. The second-order valence-electron chi connectivity index (χ2n) is 4.71. The van der Waals surface area contributed by atoms with Crippen molar-refractivity contribution in [2.75, 3.05) is 0 Å². The third-order valence-electron chi connectivity index (χ3n) is 2.83. The Balaban J connectivity index is 2.33. The first-order chi connectivity index (χ1) is 9.61. The molecule has 0 N–H and O–H groups in total. The Hall–Kier alpha value is -1.84. The Labute approximate surface area is 120 Å². The molecule has 1 aromatic carbocycles. The van der Waals surface area contributed by atoms with Gasteiger partial charge in [-0.2, -0.15) is 0 Å². The molecule has 0 saturated carbocycles. The fourth-order valence-corrected chi connectivity index (χ4v) is 1.72. The number of carbonyl (C=O) groups is 2. The van der Waals surface area contributed by atoms with Crippen molar-refractivity contribution in [2.45, 2.75) is 52.6 Å². The summed E-state index contributed by atoms with van der Waals surface area (Å²) in [5, 5.41) is 0. The molecule has 1 aromatic rings. The number of esters is 2. The molecule has 0 aliphatic carbocycles. The van der Waals surface area contributed by atoms with E-state index in [-0.39, 0.29) is 18.5 Å². The summed E-state index contributed by atoms with van der Waals surface area (Å²) >= 11 is 0. The first kappa shape index (κ1) is 16.2. The monoisotopic (exact) mass is 278 g/mol. The van der Waals surface area contributed by atoms with Crippen LogP contribution in [0.4, 0.5) is 0 Å². The summed E-state index contributed by atoms with van der Waals surface area (Å²) in [5.74, 6) is 0.0125. The highest BCUT2D eigenvalue weighted by Gasteiger charge is 2.05. The second kappa shape index (κ2) is 9.13. The van der Waals surface area contributed by atoms with Gasteiger partial charge in [0.25, 0.3) is 0 Å². The summed E-state index contributed by atoms with van der Waals surface area (Å²) in [6.07, 6.45) is 4.69. The van der Waals surface area contributed by atoms with Gasteiger partial charge >= 0.3 is 11.9 Å². The lowest BCUT2D eigenvalue weighted by Gasteiger charge is -2.06. The minimum Gasteiger partial charge on any atom is -0.461 e. The van der Waals surface area contributed by atoms with Gasteiger partial charge in [0, 0.05) is 13.3 Å². The Morgan fingerprint density at radius 3 is 2.35 bits per heavy atom. The van der Waals surface area contributed by atoms with E-state index in [9.17, 15) is 9.59 Å². The lowest BCUT2D eigenvalue weighted by Crippen LogP contribution is -2.07. The summed E-state index contributed by atoms with van der Waals surface area (Å²) in [7, 11) is 0. The fourth-order valence-electron chi connectivity index (χ4n) is 1.72. The molecular weight excluding hydrogens is 256 g/mol. The lowest BCUT2D eigenvalue weighted by atomic mass is 10.1. The van der Waals surface area contributed by atoms with E-state index >= 15 is 0 Å². The number of rotatable bonds is 8. The topological polar surface area (TPSA) is 52.6 Å². The minimum absolute atomic E-state index is 0.200. The zero-order chi connectivity index (χ0) is 14.8. The van der Waals surface area contributed by atoms with Crippen molar-refractivity contribution < 1.29 is 19.1 Å². The van der Waals surface area contributed by atoms with Crippen LogP contribution in [0, 0.1) is 0 Å². The van der Waals surface area contributed by atoms with E-state index < -0.39 is 0 Å². The number of hydrogen-bond donors (Lipinski definition) is 0. The number of carbonyl (C=O) groups excluding carboxylic acids is 2. The molecule has 0 unspecified atom stereocenters. The van der Waals surface area contributed by atoms with E-state index in [2.05, 4.69) is 6.92 Å². The number of unbranched alkanes of at least 4 members (excludes halogenated alkanes) is 3. The molecule has 0 aliphatic heterocycles. The molecule has 20 heavy (non-hydrogen) atoms. The van der Waals surface area contributed by atoms with E-state index in [1.54, 1.807) is 24.3 Å². The van der Waals surface area contributed by atoms with Gasteiger partial charge in [0.05, 0.1) is 0 Å². The molecule has 1 rings (SSSR count). The van der Waals surface area contributed by atoms with Crippen molar-refractivity contribution in [3.05, 3.63) is 29.8 Å². The molecule has 110 valence electrons. The molecular formula is C16H22O4. The first-order valence-corrected chi connectivity index (χ1v) is 7.04.